The van der Waals surface area contributed by atoms with Crippen LogP contribution in [-0.2, 0) is 0 Å². The Morgan fingerprint density at radius 1 is 1.20 bits per heavy atom. The number of carbonyl (C=O) groups excluding carboxylic acids is 1. The summed E-state index contributed by atoms with van der Waals surface area (Å²) in [6.45, 7) is 1.93. The third-order valence-electron chi connectivity index (χ3n) is 3.10. The minimum atomic E-state index is -0.119. The van der Waals surface area contributed by atoms with Gasteiger partial charge in [-0.15, -0.1) is 0 Å². The fraction of sp³-hybridized carbons (Fsp3) is 0.250. The monoisotopic (exact) mass is 269 g/mol. The highest BCUT2D eigenvalue weighted by Gasteiger charge is 2.12. The maximum absolute atomic E-state index is 12.2. The molecule has 1 N–H and O–H groups in total. The molecule has 0 aliphatic heterocycles. The Balaban J connectivity index is 2.10. The van der Waals surface area contributed by atoms with Crippen molar-refractivity contribution in [1.29, 1.82) is 0 Å². The topological polar surface area (TPSA) is 45.2 Å². The van der Waals surface area contributed by atoms with Gasteiger partial charge in [-0.3, -0.25) is 9.78 Å². The van der Waals surface area contributed by atoms with E-state index in [0.29, 0.717) is 5.56 Å². The van der Waals surface area contributed by atoms with Gasteiger partial charge in [-0.2, -0.15) is 0 Å². The van der Waals surface area contributed by atoms with E-state index in [1.165, 1.54) is 0 Å². The van der Waals surface area contributed by atoms with Crippen LogP contribution >= 0.6 is 0 Å². The highest BCUT2D eigenvalue weighted by atomic mass is 16.1. The molecule has 1 aromatic carbocycles. The minimum Gasteiger partial charge on any atom is -0.378 e. The number of hydrogen-bond donors (Lipinski definition) is 1. The van der Waals surface area contributed by atoms with Crippen LogP contribution in [0.25, 0.3) is 0 Å². The second kappa shape index (κ2) is 6.19. The standard InChI is InChI=1S/C16H19N3O/c1-12(15-9-4-5-10-17-15)18-16(20)13-7-6-8-14(11-13)19(2)3/h4-12H,1-3H3,(H,18,20). The Kier molecular flexibility index (Phi) is 4.35. The maximum atomic E-state index is 12.2. The Hall–Kier alpha value is -2.36. The number of rotatable bonds is 4. The van der Waals surface area contributed by atoms with E-state index in [1.807, 2.05) is 68.4 Å². The predicted molar refractivity (Wildman–Crippen MR) is 80.9 cm³/mol. The van der Waals surface area contributed by atoms with Crippen LogP contribution in [0.3, 0.4) is 0 Å². The maximum Gasteiger partial charge on any atom is 0.251 e. The summed E-state index contributed by atoms with van der Waals surface area (Å²) in [7, 11) is 3.90. The number of nitrogens with zero attached hydrogens (tertiary/aromatic N) is 2. The van der Waals surface area contributed by atoms with Crippen molar-refractivity contribution in [3.05, 3.63) is 59.9 Å². The number of nitrogens with one attached hydrogen (secondary N) is 1. The first-order chi connectivity index (χ1) is 9.58. The van der Waals surface area contributed by atoms with Crippen molar-refractivity contribution in [1.82, 2.24) is 10.3 Å². The van der Waals surface area contributed by atoms with Gasteiger partial charge in [0.25, 0.3) is 5.91 Å². The summed E-state index contributed by atoms with van der Waals surface area (Å²) in [6, 6.07) is 13.1. The van der Waals surface area contributed by atoms with E-state index in [0.717, 1.165) is 11.4 Å². The molecule has 2 aromatic rings. The van der Waals surface area contributed by atoms with Crippen LogP contribution in [-0.4, -0.2) is 25.0 Å². The zero-order chi connectivity index (χ0) is 14.5. The van der Waals surface area contributed by atoms with Crippen LogP contribution in [0.2, 0.25) is 0 Å². The van der Waals surface area contributed by atoms with Crippen molar-refractivity contribution < 1.29 is 4.79 Å². The van der Waals surface area contributed by atoms with Crippen LogP contribution in [0.1, 0.15) is 29.0 Å². The molecule has 0 aliphatic rings. The summed E-state index contributed by atoms with van der Waals surface area (Å²) < 4.78 is 0. The highest BCUT2D eigenvalue weighted by Crippen LogP contribution is 2.15. The van der Waals surface area contributed by atoms with Gasteiger partial charge in [-0.25, -0.2) is 0 Å². The SMILES string of the molecule is CC(NC(=O)c1cccc(N(C)C)c1)c1ccccn1. The number of hydrogen-bond acceptors (Lipinski definition) is 3. The number of anilines is 1. The van der Waals surface area contributed by atoms with Gasteiger partial charge < -0.3 is 10.2 Å². The summed E-state index contributed by atoms with van der Waals surface area (Å²) in [5.74, 6) is -0.0909. The first-order valence-electron chi connectivity index (χ1n) is 6.57. The van der Waals surface area contributed by atoms with Gasteiger partial charge in [0.2, 0.25) is 0 Å². The van der Waals surface area contributed by atoms with E-state index < -0.39 is 0 Å². The lowest BCUT2D eigenvalue weighted by molar-refractivity contribution is 0.0939. The third-order valence-corrected chi connectivity index (χ3v) is 3.10. The lowest BCUT2D eigenvalue weighted by Gasteiger charge is -2.16. The number of amides is 1. The van der Waals surface area contributed by atoms with E-state index in [-0.39, 0.29) is 11.9 Å². The average Bonchev–Trinajstić information content (AvgIpc) is 2.48. The van der Waals surface area contributed by atoms with Crippen molar-refractivity contribution in [2.24, 2.45) is 0 Å². The molecule has 0 saturated carbocycles. The first kappa shape index (κ1) is 14.1. The summed E-state index contributed by atoms with van der Waals surface area (Å²) in [5.41, 5.74) is 2.51. The van der Waals surface area contributed by atoms with Crippen molar-refractivity contribution in [2.45, 2.75) is 13.0 Å². The van der Waals surface area contributed by atoms with Crippen molar-refractivity contribution in [2.75, 3.05) is 19.0 Å². The molecule has 0 fully saturated rings. The lowest BCUT2D eigenvalue weighted by atomic mass is 10.1. The smallest absolute Gasteiger partial charge is 0.251 e. The molecule has 0 spiro atoms. The van der Waals surface area contributed by atoms with E-state index in [2.05, 4.69) is 10.3 Å². The van der Waals surface area contributed by atoms with E-state index in [1.54, 1.807) is 6.20 Å². The van der Waals surface area contributed by atoms with Gasteiger partial charge in [0.15, 0.2) is 0 Å². The molecule has 1 aromatic heterocycles. The summed E-state index contributed by atoms with van der Waals surface area (Å²) in [4.78, 5) is 18.5. The molecule has 1 atom stereocenters. The molecular formula is C16H19N3O. The molecule has 20 heavy (non-hydrogen) atoms. The molecule has 1 heterocycles. The Morgan fingerprint density at radius 2 is 2.00 bits per heavy atom. The Morgan fingerprint density at radius 3 is 2.65 bits per heavy atom. The van der Waals surface area contributed by atoms with Crippen LogP contribution in [0.5, 0.6) is 0 Å². The number of aromatic nitrogens is 1. The van der Waals surface area contributed by atoms with Crippen LogP contribution in [0.4, 0.5) is 5.69 Å². The van der Waals surface area contributed by atoms with Crippen molar-refractivity contribution in [3.8, 4) is 0 Å². The highest BCUT2D eigenvalue weighted by molar-refractivity contribution is 5.95. The molecule has 0 aliphatic carbocycles. The quantitative estimate of drug-likeness (QED) is 0.928. The summed E-state index contributed by atoms with van der Waals surface area (Å²) in [5, 5.41) is 2.96. The average molecular weight is 269 g/mol. The normalized spacial score (nSPS) is 11.8. The molecule has 2 rings (SSSR count). The molecule has 0 saturated heterocycles. The number of pyridine rings is 1. The van der Waals surface area contributed by atoms with Crippen LogP contribution < -0.4 is 10.2 Å². The van der Waals surface area contributed by atoms with E-state index in [9.17, 15) is 4.79 Å². The first-order valence-corrected chi connectivity index (χ1v) is 6.57. The van der Waals surface area contributed by atoms with Gasteiger partial charge in [0, 0.05) is 31.5 Å². The summed E-state index contributed by atoms with van der Waals surface area (Å²) in [6.07, 6.45) is 1.73. The molecule has 0 radical (unpaired) electrons. The number of benzene rings is 1. The largest absolute Gasteiger partial charge is 0.378 e. The van der Waals surface area contributed by atoms with Crippen LogP contribution in [0.15, 0.2) is 48.7 Å². The molecular weight excluding hydrogens is 250 g/mol. The molecule has 4 nitrogen and oxygen atoms in total. The van der Waals surface area contributed by atoms with Gasteiger partial charge >= 0.3 is 0 Å². The molecule has 1 unspecified atom stereocenters. The Bertz CT molecular complexity index is 581. The fourth-order valence-electron chi connectivity index (χ4n) is 1.91. The Labute approximate surface area is 119 Å². The fourth-order valence-corrected chi connectivity index (χ4v) is 1.91. The zero-order valence-corrected chi connectivity index (χ0v) is 12.0. The second-order valence-electron chi connectivity index (χ2n) is 4.89. The molecule has 104 valence electrons. The minimum absolute atomic E-state index is 0.0909. The molecule has 0 bridgehead atoms. The predicted octanol–water partition coefficient (Wildman–Crippen LogP) is 2.64. The van der Waals surface area contributed by atoms with Gasteiger partial charge in [0.1, 0.15) is 0 Å². The van der Waals surface area contributed by atoms with Crippen molar-refractivity contribution >= 4 is 11.6 Å². The van der Waals surface area contributed by atoms with E-state index >= 15 is 0 Å². The van der Waals surface area contributed by atoms with E-state index in [4.69, 9.17) is 0 Å². The van der Waals surface area contributed by atoms with Gasteiger partial charge in [-0.05, 0) is 37.3 Å². The zero-order valence-electron chi connectivity index (χ0n) is 12.0. The molecule has 1 amide bonds. The third kappa shape index (κ3) is 3.35. The van der Waals surface area contributed by atoms with Gasteiger partial charge in [-0.1, -0.05) is 12.1 Å². The molecule has 4 heteroatoms. The van der Waals surface area contributed by atoms with Gasteiger partial charge in [0.05, 0.1) is 11.7 Å². The summed E-state index contributed by atoms with van der Waals surface area (Å²) >= 11 is 0. The lowest BCUT2D eigenvalue weighted by Crippen LogP contribution is -2.27. The number of carbonyl (C=O) groups is 1. The van der Waals surface area contributed by atoms with Crippen molar-refractivity contribution in [3.63, 3.8) is 0 Å². The van der Waals surface area contributed by atoms with Crippen LogP contribution in [0, 0.1) is 0 Å². The second-order valence-corrected chi connectivity index (χ2v) is 4.89.